The Kier molecular flexibility index (Phi) is 7.77. The zero-order chi connectivity index (χ0) is 26.5. The summed E-state index contributed by atoms with van der Waals surface area (Å²) in [7, 11) is 0. The van der Waals surface area contributed by atoms with Gasteiger partial charge in [-0.25, -0.2) is 14.6 Å². The molecule has 5 rings (SSSR count). The number of hydrogen-bond acceptors (Lipinski definition) is 5. The quantitative estimate of drug-likeness (QED) is 0.336. The first-order valence-electron chi connectivity index (χ1n) is 13.5. The number of nitrogens with zero attached hydrogens (tertiary/aromatic N) is 5. The van der Waals surface area contributed by atoms with Crippen LogP contribution in [0.3, 0.4) is 0 Å². The van der Waals surface area contributed by atoms with Gasteiger partial charge in [-0.3, -0.25) is 9.59 Å². The van der Waals surface area contributed by atoms with Crippen molar-refractivity contribution >= 4 is 28.4 Å². The van der Waals surface area contributed by atoms with E-state index in [1.54, 1.807) is 19.2 Å². The molecule has 2 aromatic heterocycles. The number of benzene rings is 2. The van der Waals surface area contributed by atoms with Crippen LogP contribution >= 0.6 is 0 Å². The largest absolute Gasteiger partial charge is 0.338 e. The number of anilines is 1. The van der Waals surface area contributed by atoms with E-state index >= 15 is 0 Å². The van der Waals surface area contributed by atoms with Crippen LogP contribution in [-0.4, -0.2) is 49.0 Å². The number of hydrogen-bond donors (Lipinski definition) is 1. The summed E-state index contributed by atoms with van der Waals surface area (Å²) in [5, 5.41) is 9.81. The summed E-state index contributed by atoms with van der Waals surface area (Å²) < 4.78 is 1.87. The van der Waals surface area contributed by atoms with E-state index in [4.69, 9.17) is 5.10 Å². The maximum absolute atomic E-state index is 13.7. The van der Waals surface area contributed by atoms with Gasteiger partial charge in [0.1, 0.15) is 11.6 Å². The van der Waals surface area contributed by atoms with Crippen molar-refractivity contribution in [3.05, 3.63) is 72.2 Å². The highest BCUT2D eigenvalue weighted by molar-refractivity contribution is 5.91. The average Bonchev–Trinajstić information content (AvgIpc) is 3.59. The number of pyridine rings is 1. The maximum atomic E-state index is 13.7. The summed E-state index contributed by atoms with van der Waals surface area (Å²) in [6.07, 6.45) is 6.84. The Morgan fingerprint density at radius 2 is 1.87 bits per heavy atom. The van der Waals surface area contributed by atoms with E-state index in [0.717, 1.165) is 53.4 Å². The lowest BCUT2D eigenvalue weighted by atomic mass is 10.0. The second-order valence-corrected chi connectivity index (χ2v) is 9.88. The molecule has 1 aliphatic carbocycles. The molecule has 0 bridgehead atoms. The number of aryl methyl sites for hydroxylation is 1. The summed E-state index contributed by atoms with van der Waals surface area (Å²) in [6.45, 7) is 4.88. The van der Waals surface area contributed by atoms with Gasteiger partial charge in [-0.2, -0.15) is 5.10 Å². The molecule has 2 amide bonds. The van der Waals surface area contributed by atoms with Crippen LogP contribution in [0.4, 0.5) is 5.82 Å². The Bertz CT molecular complexity index is 1430. The highest BCUT2D eigenvalue weighted by atomic mass is 16.2. The molecule has 1 N–H and O–H groups in total. The zero-order valence-electron chi connectivity index (χ0n) is 22.1. The van der Waals surface area contributed by atoms with Crippen molar-refractivity contribution in [1.82, 2.24) is 24.6 Å². The molecule has 8 nitrogen and oxygen atoms in total. The van der Waals surface area contributed by atoms with Gasteiger partial charge in [0.15, 0.2) is 5.82 Å². The lowest BCUT2D eigenvalue weighted by Crippen LogP contribution is -2.42. The van der Waals surface area contributed by atoms with Gasteiger partial charge in [0.25, 0.3) is 0 Å². The standard InChI is InChI=1S/C30H34N6O2/c1-3-28(37)33-27-19-24(15-16-31-27)30-32-21(2)36(34-30)18-17-35(25-12-5-6-13-25)29(38)20-23-11-8-10-22-9-4-7-14-26(22)23/h4,7-11,14-16,19,25H,3,5-6,12-13,17-18,20H2,1-2H3,(H,31,33,37). The van der Waals surface area contributed by atoms with Gasteiger partial charge in [0.05, 0.1) is 13.0 Å². The predicted molar refractivity (Wildman–Crippen MR) is 149 cm³/mol. The molecule has 1 saturated carbocycles. The van der Waals surface area contributed by atoms with Gasteiger partial charge in [-0.1, -0.05) is 62.2 Å². The van der Waals surface area contributed by atoms with Crippen molar-refractivity contribution in [2.24, 2.45) is 0 Å². The van der Waals surface area contributed by atoms with Crippen molar-refractivity contribution < 1.29 is 9.59 Å². The highest BCUT2D eigenvalue weighted by Crippen LogP contribution is 2.26. The van der Waals surface area contributed by atoms with Gasteiger partial charge < -0.3 is 10.2 Å². The molecule has 8 heteroatoms. The van der Waals surface area contributed by atoms with Crippen LogP contribution < -0.4 is 5.32 Å². The fourth-order valence-electron chi connectivity index (χ4n) is 5.26. The third-order valence-electron chi connectivity index (χ3n) is 7.32. The van der Waals surface area contributed by atoms with Crippen LogP contribution in [0.25, 0.3) is 22.2 Å². The topological polar surface area (TPSA) is 93.0 Å². The number of carbonyl (C=O) groups is 2. The first-order chi connectivity index (χ1) is 18.5. The Morgan fingerprint density at radius 1 is 1.08 bits per heavy atom. The molecular weight excluding hydrogens is 476 g/mol. The Hall–Kier alpha value is -4.07. The molecule has 2 aromatic carbocycles. The molecule has 0 atom stereocenters. The van der Waals surface area contributed by atoms with E-state index in [2.05, 4.69) is 44.5 Å². The summed E-state index contributed by atoms with van der Waals surface area (Å²) in [6, 6.07) is 18.3. The van der Waals surface area contributed by atoms with Crippen molar-refractivity contribution in [2.75, 3.05) is 11.9 Å². The number of aromatic nitrogens is 4. The van der Waals surface area contributed by atoms with Crippen LogP contribution in [0.1, 0.15) is 50.4 Å². The minimum Gasteiger partial charge on any atom is -0.338 e. The summed E-state index contributed by atoms with van der Waals surface area (Å²) in [5.74, 6) is 1.91. The second-order valence-electron chi connectivity index (χ2n) is 9.88. The summed E-state index contributed by atoms with van der Waals surface area (Å²) in [5.41, 5.74) is 1.85. The molecule has 0 aliphatic heterocycles. The number of amides is 2. The Labute approximate surface area is 223 Å². The number of nitrogens with one attached hydrogen (secondary N) is 1. The van der Waals surface area contributed by atoms with E-state index in [9.17, 15) is 9.59 Å². The minimum absolute atomic E-state index is 0.0931. The third kappa shape index (κ3) is 5.74. The van der Waals surface area contributed by atoms with Gasteiger partial charge in [0, 0.05) is 30.8 Å². The Balaban J connectivity index is 1.32. The first-order valence-corrected chi connectivity index (χ1v) is 13.5. The van der Waals surface area contributed by atoms with Gasteiger partial charge in [0.2, 0.25) is 11.8 Å². The van der Waals surface area contributed by atoms with Crippen LogP contribution in [0.15, 0.2) is 60.8 Å². The molecule has 38 heavy (non-hydrogen) atoms. The van der Waals surface area contributed by atoms with E-state index in [-0.39, 0.29) is 17.9 Å². The smallest absolute Gasteiger partial charge is 0.227 e. The van der Waals surface area contributed by atoms with Crippen LogP contribution in [0, 0.1) is 6.92 Å². The SMILES string of the molecule is CCC(=O)Nc1cc(-c2nc(C)n(CCN(C(=O)Cc3cccc4ccccc34)C3CCCC3)n2)ccn1. The number of rotatable bonds is 9. The van der Waals surface area contributed by atoms with Crippen molar-refractivity contribution in [3.63, 3.8) is 0 Å². The molecule has 0 unspecified atom stereocenters. The van der Waals surface area contributed by atoms with E-state index in [1.165, 1.54) is 0 Å². The maximum Gasteiger partial charge on any atom is 0.227 e. The van der Waals surface area contributed by atoms with Crippen molar-refractivity contribution in [3.8, 4) is 11.4 Å². The first kappa shape index (κ1) is 25.6. The normalized spacial score (nSPS) is 13.6. The van der Waals surface area contributed by atoms with Gasteiger partial charge in [-0.15, -0.1) is 0 Å². The van der Waals surface area contributed by atoms with Crippen LogP contribution in [0.5, 0.6) is 0 Å². The molecular formula is C30H34N6O2. The molecule has 0 radical (unpaired) electrons. The average molecular weight is 511 g/mol. The number of carbonyl (C=O) groups excluding carboxylic acids is 2. The van der Waals surface area contributed by atoms with Crippen molar-refractivity contribution in [1.29, 1.82) is 0 Å². The summed E-state index contributed by atoms with van der Waals surface area (Å²) in [4.78, 5) is 36.4. The highest BCUT2D eigenvalue weighted by Gasteiger charge is 2.27. The molecule has 196 valence electrons. The third-order valence-corrected chi connectivity index (χ3v) is 7.32. The second kappa shape index (κ2) is 11.5. The number of fused-ring (bicyclic) bond motifs is 1. The summed E-state index contributed by atoms with van der Waals surface area (Å²) >= 11 is 0. The van der Waals surface area contributed by atoms with Gasteiger partial charge >= 0.3 is 0 Å². The molecule has 4 aromatic rings. The van der Waals surface area contributed by atoms with E-state index < -0.39 is 0 Å². The van der Waals surface area contributed by atoms with E-state index in [1.807, 2.05) is 35.9 Å². The molecule has 1 fully saturated rings. The molecule has 1 aliphatic rings. The fraction of sp³-hybridized carbons (Fsp3) is 0.367. The van der Waals surface area contributed by atoms with Gasteiger partial charge in [-0.05, 0) is 48.2 Å². The zero-order valence-corrected chi connectivity index (χ0v) is 22.1. The van der Waals surface area contributed by atoms with Crippen LogP contribution in [0.2, 0.25) is 0 Å². The monoisotopic (exact) mass is 510 g/mol. The minimum atomic E-state index is -0.0931. The predicted octanol–water partition coefficient (Wildman–Crippen LogP) is 5.16. The molecule has 2 heterocycles. The molecule has 0 saturated heterocycles. The van der Waals surface area contributed by atoms with Crippen LogP contribution in [-0.2, 0) is 22.6 Å². The van der Waals surface area contributed by atoms with E-state index in [0.29, 0.717) is 37.6 Å². The Morgan fingerprint density at radius 3 is 2.68 bits per heavy atom. The fourth-order valence-corrected chi connectivity index (χ4v) is 5.26. The lowest BCUT2D eigenvalue weighted by molar-refractivity contribution is -0.133. The molecule has 0 spiro atoms. The van der Waals surface area contributed by atoms with Crippen molar-refractivity contribution in [2.45, 2.75) is 65.0 Å². The lowest BCUT2D eigenvalue weighted by Gasteiger charge is -2.29.